The molecule has 6 heteroatoms. The number of hydrogen-bond acceptors (Lipinski definition) is 4. The largest absolute Gasteiger partial charge is 0.507 e. The molecule has 1 saturated heterocycles. The summed E-state index contributed by atoms with van der Waals surface area (Å²) in [6, 6.07) is 15.6. The van der Waals surface area contributed by atoms with Gasteiger partial charge < -0.3 is 19.8 Å². The fourth-order valence-corrected chi connectivity index (χ4v) is 3.70. The van der Waals surface area contributed by atoms with Crippen molar-refractivity contribution in [2.75, 3.05) is 45.2 Å². The number of aromatic hydroxyl groups is 1. The Balaban J connectivity index is 1.62. The lowest BCUT2D eigenvalue weighted by atomic mass is 10.1. The van der Waals surface area contributed by atoms with Gasteiger partial charge in [0.05, 0.1) is 5.56 Å². The van der Waals surface area contributed by atoms with Gasteiger partial charge in [-0.25, -0.2) is 0 Å². The Morgan fingerprint density at radius 3 is 1.92 bits per heavy atom. The van der Waals surface area contributed by atoms with Gasteiger partial charge >= 0.3 is 0 Å². The number of thiocarbonyl (C=S) groups is 2. The summed E-state index contributed by atoms with van der Waals surface area (Å²) in [5.74, 6) is 0.233. The number of rotatable bonds is 3. The summed E-state index contributed by atoms with van der Waals surface area (Å²) in [5.41, 5.74) is 2.95. The molecule has 1 aliphatic heterocycles. The molecule has 0 spiro atoms. The van der Waals surface area contributed by atoms with Crippen molar-refractivity contribution in [2.24, 2.45) is 0 Å². The first-order valence-corrected chi connectivity index (χ1v) is 9.43. The van der Waals surface area contributed by atoms with Crippen LogP contribution in [-0.2, 0) is 0 Å². The van der Waals surface area contributed by atoms with Gasteiger partial charge in [0.25, 0.3) is 0 Å². The van der Waals surface area contributed by atoms with Crippen LogP contribution in [-0.4, -0.2) is 65.2 Å². The molecule has 0 saturated carbocycles. The van der Waals surface area contributed by atoms with Crippen LogP contribution in [0.1, 0.15) is 11.1 Å². The van der Waals surface area contributed by atoms with E-state index in [0.29, 0.717) is 4.99 Å². The lowest BCUT2D eigenvalue weighted by Crippen LogP contribution is -2.50. The Kier molecular flexibility index (Phi) is 5.74. The van der Waals surface area contributed by atoms with E-state index in [1.807, 2.05) is 26.2 Å². The first-order valence-electron chi connectivity index (χ1n) is 8.61. The van der Waals surface area contributed by atoms with Crippen molar-refractivity contribution >= 4 is 40.1 Å². The highest BCUT2D eigenvalue weighted by atomic mass is 32.1. The molecule has 26 heavy (non-hydrogen) atoms. The van der Waals surface area contributed by atoms with Crippen LogP contribution < -0.4 is 4.90 Å². The summed E-state index contributed by atoms with van der Waals surface area (Å²) in [6.07, 6.45) is 0. The summed E-state index contributed by atoms with van der Waals surface area (Å²) < 4.78 is 0. The summed E-state index contributed by atoms with van der Waals surface area (Å²) in [5, 5.41) is 10.0. The van der Waals surface area contributed by atoms with E-state index >= 15 is 0 Å². The molecule has 1 fully saturated rings. The van der Waals surface area contributed by atoms with Crippen LogP contribution in [0.25, 0.3) is 0 Å². The summed E-state index contributed by atoms with van der Waals surface area (Å²) in [6.45, 7) is 3.23. The molecule has 3 rings (SSSR count). The van der Waals surface area contributed by atoms with Gasteiger partial charge in [-0.15, -0.1) is 0 Å². The fourth-order valence-electron chi connectivity index (χ4n) is 3.02. The molecule has 1 aliphatic rings. The SMILES string of the molecule is CN(C)c1ccc(C(=S)N2CCN(C(=S)c3ccccc3O)CC2)cc1. The van der Waals surface area contributed by atoms with Crippen LogP contribution in [0.5, 0.6) is 5.75 Å². The van der Waals surface area contributed by atoms with Crippen molar-refractivity contribution in [3.8, 4) is 5.75 Å². The summed E-state index contributed by atoms with van der Waals surface area (Å²) in [4.78, 5) is 8.01. The quantitative estimate of drug-likeness (QED) is 0.817. The number of phenols is 1. The third-order valence-electron chi connectivity index (χ3n) is 4.62. The first kappa shape index (κ1) is 18.6. The lowest BCUT2D eigenvalue weighted by Gasteiger charge is -2.37. The zero-order chi connectivity index (χ0) is 18.7. The monoisotopic (exact) mass is 385 g/mol. The average Bonchev–Trinajstić information content (AvgIpc) is 2.67. The van der Waals surface area contributed by atoms with Crippen LogP contribution in [0.15, 0.2) is 48.5 Å². The molecule has 0 amide bonds. The lowest BCUT2D eigenvalue weighted by molar-refractivity contribution is 0.265. The minimum Gasteiger partial charge on any atom is -0.507 e. The number of phenolic OH excluding ortho intramolecular Hbond substituents is 1. The van der Waals surface area contributed by atoms with Crippen molar-refractivity contribution in [3.63, 3.8) is 0 Å². The number of nitrogens with zero attached hydrogens (tertiary/aromatic N) is 3. The van der Waals surface area contributed by atoms with Crippen molar-refractivity contribution < 1.29 is 5.11 Å². The Hall–Kier alpha value is -2.18. The molecule has 0 atom stereocenters. The second-order valence-electron chi connectivity index (χ2n) is 6.54. The minimum absolute atomic E-state index is 0.233. The van der Waals surface area contributed by atoms with Crippen molar-refractivity contribution in [1.29, 1.82) is 0 Å². The molecule has 2 aromatic carbocycles. The van der Waals surface area contributed by atoms with E-state index in [2.05, 4.69) is 39.0 Å². The van der Waals surface area contributed by atoms with Gasteiger partial charge in [-0.3, -0.25) is 0 Å². The molecule has 0 bridgehead atoms. The van der Waals surface area contributed by atoms with Crippen LogP contribution in [0.2, 0.25) is 0 Å². The normalized spacial score (nSPS) is 14.2. The summed E-state index contributed by atoms with van der Waals surface area (Å²) in [7, 11) is 4.06. The molecule has 4 nitrogen and oxygen atoms in total. The van der Waals surface area contributed by atoms with E-state index in [4.69, 9.17) is 24.4 Å². The molecule has 0 aliphatic carbocycles. The Labute approximate surface area is 165 Å². The minimum atomic E-state index is 0.233. The van der Waals surface area contributed by atoms with Crippen molar-refractivity contribution in [3.05, 3.63) is 59.7 Å². The Morgan fingerprint density at radius 2 is 1.38 bits per heavy atom. The van der Waals surface area contributed by atoms with Crippen LogP contribution in [0, 0.1) is 0 Å². The molecule has 0 radical (unpaired) electrons. The maximum absolute atomic E-state index is 10.0. The fraction of sp³-hybridized carbons (Fsp3) is 0.300. The van der Waals surface area contributed by atoms with Crippen molar-refractivity contribution in [1.82, 2.24) is 9.80 Å². The Morgan fingerprint density at radius 1 is 0.846 bits per heavy atom. The third kappa shape index (κ3) is 3.97. The van der Waals surface area contributed by atoms with Gasteiger partial charge in [0, 0.05) is 51.5 Å². The van der Waals surface area contributed by atoms with Crippen LogP contribution in [0.3, 0.4) is 0 Å². The molecule has 0 aromatic heterocycles. The van der Waals surface area contributed by atoms with E-state index in [9.17, 15) is 5.11 Å². The van der Waals surface area contributed by atoms with E-state index in [-0.39, 0.29) is 5.75 Å². The number of benzene rings is 2. The van der Waals surface area contributed by atoms with E-state index in [1.54, 1.807) is 12.1 Å². The summed E-state index contributed by atoms with van der Waals surface area (Å²) >= 11 is 11.3. The first-order chi connectivity index (χ1) is 12.5. The third-order valence-corrected chi connectivity index (χ3v) is 5.59. The van der Waals surface area contributed by atoms with Gasteiger partial charge in [0.15, 0.2) is 0 Å². The maximum atomic E-state index is 10.0. The van der Waals surface area contributed by atoms with Crippen LogP contribution >= 0.6 is 24.4 Å². The highest BCUT2D eigenvalue weighted by Crippen LogP contribution is 2.21. The number of piperazine rings is 1. The van der Waals surface area contributed by atoms with E-state index in [1.165, 1.54) is 0 Å². The van der Waals surface area contributed by atoms with Gasteiger partial charge in [0.1, 0.15) is 15.7 Å². The standard InChI is InChI=1S/C20H23N3OS2/c1-21(2)16-9-7-15(8-10-16)19(25)22-11-13-23(14-12-22)20(26)17-5-3-4-6-18(17)24/h3-10,24H,11-14H2,1-2H3. The predicted molar refractivity (Wildman–Crippen MR) is 115 cm³/mol. The van der Waals surface area contributed by atoms with Crippen LogP contribution in [0.4, 0.5) is 5.69 Å². The Bertz CT molecular complexity index is 797. The smallest absolute Gasteiger partial charge is 0.125 e. The number of anilines is 1. The average molecular weight is 386 g/mol. The molecule has 1 N–H and O–H groups in total. The zero-order valence-electron chi connectivity index (χ0n) is 15.1. The van der Waals surface area contributed by atoms with E-state index in [0.717, 1.165) is 48.0 Å². The second-order valence-corrected chi connectivity index (χ2v) is 7.32. The molecular formula is C20H23N3OS2. The molecule has 0 unspecified atom stereocenters. The molecule has 136 valence electrons. The maximum Gasteiger partial charge on any atom is 0.125 e. The zero-order valence-corrected chi connectivity index (χ0v) is 16.7. The highest BCUT2D eigenvalue weighted by Gasteiger charge is 2.23. The molecule has 1 heterocycles. The number of hydrogen-bond donors (Lipinski definition) is 1. The number of para-hydroxylation sites is 1. The predicted octanol–water partition coefficient (Wildman–Crippen LogP) is 3.13. The molecular weight excluding hydrogens is 362 g/mol. The topological polar surface area (TPSA) is 30.0 Å². The highest BCUT2D eigenvalue weighted by molar-refractivity contribution is 7.81. The van der Waals surface area contributed by atoms with E-state index < -0.39 is 0 Å². The van der Waals surface area contributed by atoms with Gasteiger partial charge in [0.2, 0.25) is 0 Å². The van der Waals surface area contributed by atoms with Gasteiger partial charge in [-0.2, -0.15) is 0 Å². The van der Waals surface area contributed by atoms with Crippen molar-refractivity contribution in [2.45, 2.75) is 0 Å². The second kappa shape index (κ2) is 8.01. The van der Waals surface area contributed by atoms with Gasteiger partial charge in [-0.05, 0) is 36.4 Å². The van der Waals surface area contributed by atoms with Gasteiger partial charge in [-0.1, -0.05) is 36.6 Å². The molecule has 2 aromatic rings.